The molecule has 1 aromatic heterocycles. The Bertz CT molecular complexity index is 1240. The highest BCUT2D eigenvalue weighted by Crippen LogP contribution is 2.19. The second kappa shape index (κ2) is 10.6. The fourth-order valence-corrected chi connectivity index (χ4v) is 4.52. The van der Waals surface area contributed by atoms with Gasteiger partial charge in [0.25, 0.3) is 17.4 Å². The standard InChI is InChI=1S/C27H32N4O3/c1-3-4-9-16-31-26(33)23-13-8-7-12-22(23)24(29-31)27(34)30-17-14-20(15-18-30)28-25(32)21-11-6-5-10-19(21)2/h5-8,10-13,20H,3-4,9,14-18H2,1-2H3,(H,28,32). The molecule has 0 bridgehead atoms. The van der Waals surface area contributed by atoms with Gasteiger partial charge in [-0.15, -0.1) is 0 Å². The first kappa shape index (κ1) is 23.7. The Morgan fingerprint density at radius 2 is 1.68 bits per heavy atom. The van der Waals surface area contributed by atoms with Crippen LogP contribution < -0.4 is 10.9 Å². The smallest absolute Gasteiger partial charge is 0.274 e. The molecule has 7 nitrogen and oxygen atoms in total. The number of amides is 2. The van der Waals surface area contributed by atoms with Gasteiger partial charge in [-0.25, -0.2) is 4.68 Å². The van der Waals surface area contributed by atoms with Gasteiger partial charge in [0.1, 0.15) is 0 Å². The molecule has 34 heavy (non-hydrogen) atoms. The first-order valence-electron chi connectivity index (χ1n) is 12.1. The van der Waals surface area contributed by atoms with E-state index in [1.54, 1.807) is 17.0 Å². The Kier molecular flexibility index (Phi) is 7.40. The average Bonchev–Trinajstić information content (AvgIpc) is 2.86. The zero-order chi connectivity index (χ0) is 24.1. The Morgan fingerprint density at radius 3 is 2.38 bits per heavy atom. The molecule has 4 rings (SSSR count). The summed E-state index contributed by atoms with van der Waals surface area (Å²) in [6.45, 7) is 5.60. The number of rotatable bonds is 7. The van der Waals surface area contributed by atoms with Crippen molar-refractivity contribution in [3.8, 4) is 0 Å². The lowest BCUT2D eigenvalue weighted by atomic mass is 10.0. The van der Waals surface area contributed by atoms with E-state index in [0.717, 1.165) is 24.8 Å². The van der Waals surface area contributed by atoms with Crippen LogP contribution in [0.2, 0.25) is 0 Å². The van der Waals surface area contributed by atoms with Gasteiger partial charge in [0, 0.05) is 36.6 Å². The number of nitrogens with one attached hydrogen (secondary N) is 1. The molecule has 0 atom stereocenters. The number of aromatic nitrogens is 2. The maximum absolute atomic E-state index is 13.5. The summed E-state index contributed by atoms with van der Waals surface area (Å²) >= 11 is 0. The van der Waals surface area contributed by atoms with E-state index in [9.17, 15) is 14.4 Å². The normalized spacial score (nSPS) is 14.4. The summed E-state index contributed by atoms with van der Waals surface area (Å²) in [7, 11) is 0. The molecule has 2 amide bonds. The van der Waals surface area contributed by atoms with Gasteiger partial charge in [-0.3, -0.25) is 14.4 Å². The van der Waals surface area contributed by atoms with Crippen LogP contribution >= 0.6 is 0 Å². The van der Waals surface area contributed by atoms with E-state index in [0.29, 0.717) is 54.5 Å². The predicted molar refractivity (Wildman–Crippen MR) is 133 cm³/mol. The summed E-state index contributed by atoms with van der Waals surface area (Å²) < 4.78 is 1.44. The number of benzene rings is 2. The SMILES string of the molecule is CCCCCn1nc(C(=O)N2CCC(NC(=O)c3ccccc3C)CC2)c2ccccc2c1=O. The Morgan fingerprint density at radius 1 is 1.00 bits per heavy atom. The lowest BCUT2D eigenvalue weighted by Gasteiger charge is -2.32. The number of carbonyl (C=O) groups excluding carboxylic acids is 2. The Hall–Kier alpha value is -3.48. The number of hydrogen-bond donors (Lipinski definition) is 1. The molecule has 0 saturated carbocycles. The zero-order valence-electron chi connectivity index (χ0n) is 19.9. The van der Waals surface area contributed by atoms with Crippen LogP contribution in [0, 0.1) is 6.92 Å². The topological polar surface area (TPSA) is 84.3 Å². The number of aryl methyl sites for hydroxylation is 2. The van der Waals surface area contributed by atoms with Crippen LogP contribution in [0.25, 0.3) is 10.8 Å². The van der Waals surface area contributed by atoms with E-state index in [2.05, 4.69) is 17.3 Å². The van der Waals surface area contributed by atoms with Gasteiger partial charge in [0.15, 0.2) is 5.69 Å². The number of fused-ring (bicyclic) bond motifs is 1. The first-order chi connectivity index (χ1) is 16.5. The molecule has 0 aliphatic carbocycles. The predicted octanol–water partition coefficient (Wildman–Crippen LogP) is 3.93. The van der Waals surface area contributed by atoms with Crippen molar-refractivity contribution < 1.29 is 9.59 Å². The minimum Gasteiger partial charge on any atom is -0.349 e. The van der Waals surface area contributed by atoms with Gasteiger partial charge in [-0.2, -0.15) is 5.10 Å². The molecule has 2 heterocycles. The van der Waals surface area contributed by atoms with Crippen molar-refractivity contribution in [2.45, 2.75) is 58.5 Å². The quantitative estimate of drug-likeness (QED) is 0.542. The lowest BCUT2D eigenvalue weighted by molar-refractivity contribution is 0.0692. The molecule has 3 aromatic rings. The van der Waals surface area contributed by atoms with Gasteiger partial charge >= 0.3 is 0 Å². The first-order valence-corrected chi connectivity index (χ1v) is 12.1. The zero-order valence-corrected chi connectivity index (χ0v) is 19.9. The third-order valence-electron chi connectivity index (χ3n) is 6.55. The molecule has 7 heteroatoms. The molecule has 0 radical (unpaired) electrons. The maximum Gasteiger partial charge on any atom is 0.274 e. The van der Waals surface area contributed by atoms with E-state index in [1.807, 2.05) is 43.3 Å². The van der Waals surface area contributed by atoms with Gasteiger partial charge < -0.3 is 10.2 Å². The van der Waals surface area contributed by atoms with Gasteiger partial charge in [-0.05, 0) is 43.9 Å². The molecular formula is C27H32N4O3. The number of carbonyl (C=O) groups is 2. The van der Waals surface area contributed by atoms with Crippen molar-refractivity contribution >= 4 is 22.6 Å². The second-order valence-electron chi connectivity index (χ2n) is 8.98. The lowest BCUT2D eigenvalue weighted by Crippen LogP contribution is -2.47. The summed E-state index contributed by atoms with van der Waals surface area (Å²) in [5.74, 6) is -0.237. The molecule has 1 aliphatic heterocycles. The van der Waals surface area contributed by atoms with Crippen molar-refractivity contribution in [1.29, 1.82) is 0 Å². The molecule has 1 N–H and O–H groups in total. The Labute approximate surface area is 199 Å². The summed E-state index contributed by atoms with van der Waals surface area (Å²) in [6.07, 6.45) is 4.26. The number of nitrogens with zero attached hydrogens (tertiary/aromatic N) is 3. The number of hydrogen-bond acceptors (Lipinski definition) is 4. The van der Waals surface area contributed by atoms with E-state index < -0.39 is 0 Å². The molecular weight excluding hydrogens is 428 g/mol. The summed E-state index contributed by atoms with van der Waals surface area (Å²) in [5.41, 5.74) is 1.80. The molecule has 0 unspecified atom stereocenters. The number of unbranched alkanes of at least 4 members (excludes halogenated alkanes) is 2. The van der Waals surface area contributed by atoms with Gasteiger partial charge in [0.2, 0.25) is 0 Å². The fourth-order valence-electron chi connectivity index (χ4n) is 4.52. The summed E-state index contributed by atoms with van der Waals surface area (Å²) in [6, 6.07) is 14.8. The van der Waals surface area contributed by atoms with Crippen LogP contribution in [0.1, 0.15) is 65.4 Å². The molecule has 1 fully saturated rings. The second-order valence-corrected chi connectivity index (χ2v) is 8.98. The van der Waals surface area contributed by atoms with Crippen molar-refractivity contribution in [1.82, 2.24) is 20.0 Å². The molecule has 0 spiro atoms. The number of piperidine rings is 1. The van der Waals surface area contributed by atoms with E-state index in [1.165, 1.54) is 4.68 Å². The molecule has 2 aromatic carbocycles. The van der Waals surface area contributed by atoms with Crippen LogP contribution in [0.4, 0.5) is 0 Å². The molecule has 1 saturated heterocycles. The van der Waals surface area contributed by atoms with Crippen LogP contribution in [0.5, 0.6) is 0 Å². The minimum absolute atomic E-state index is 0.0175. The van der Waals surface area contributed by atoms with Crippen molar-refractivity contribution in [2.75, 3.05) is 13.1 Å². The van der Waals surface area contributed by atoms with Crippen LogP contribution in [0.15, 0.2) is 53.3 Å². The highest BCUT2D eigenvalue weighted by atomic mass is 16.2. The number of likely N-dealkylation sites (tertiary alicyclic amines) is 1. The van der Waals surface area contributed by atoms with E-state index >= 15 is 0 Å². The highest BCUT2D eigenvalue weighted by Gasteiger charge is 2.27. The van der Waals surface area contributed by atoms with E-state index in [-0.39, 0.29) is 23.4 Å². The maximum atomic E-state index is 13.5. The van der Waals surface area contributed by atoms with Crippen LogP contribution in [-0.4, -0.2) is 45.6 Å². The van der Waals surface area contributed by atoms with Crippen LogP contribution in [-0.2, 0) is 6.54 Å². The van der Waals surface area contributed by atoms with E-state index in [4.69, 9.17) is 0 Å². The van der Waals surface area contributed by atoms with Crippen molar-refractivity contribution in [2.24, 2.45) is 0 Å². The monoisotopic (exact) mass is 460 g/mol. The average molecular weight is 461 g/mol. The fraction of sp³-hybridized carbons (Fsp3) is 0.407. The Balaban J connectivity index is 1.48. The molecule has 1 aliphatic rings. The largest absolute Gasteiger partial charge is 0.349 e. The van der Waals surface area contributed by atoms with Gasteiger partial charge in [0.05, 0.1) is 5.39 Å². The highest BCUT2D eigenvalue weighted by molar-refractivity contribution is 6.04. The van der Waals surface area contributed by atoms with Crippen molar-refractivity contribution in [3.05, 3.63) is 75.7 Å². The third kappa shape index (κ3) is 5.03. The van der Waals surface area contributed by atoms with Crippen LogP contribution in [0.3, 0.4) is 0 Å². The molecule has 178 valence electrons. The third-order valence-corrected chi connectivity index (χ3v) is 6.55. The summed E-state index contributed by atoms with van der Waals surface area (Å²) in [5, 5.41) is 8.74. The summed E-state index contributed by atoms with van der Waals surface area (Å²) in [4.78, 5) is 40.8. The minimum atomic E-state index is -0.163. The van der Waals surface area contributed by atoms with Gasteiger partial charge in [-0.1, -0.05) is 56.2 Å². The van der Waals surface area contributed by atoms with Crippen molar-refractivity contribution in [3.63, 3.8) is 0 Å².